The summed E-state index contributed by atoms with van der Waals surface area (Å²) in [5.74, 6) is 1.34. The number of rotatable bonds is 16. The van der Waals surface area contributed by atoms with Gasteiger partial charge in [0, 0.05) is 19.4 Å². The van der Waals surface area contributed by atoms with Crippen LogP contribution in [0.25, 0.3) is 0 Å². The predicted octanol–water partition coefficient (Wildman–Crippen LogP) is 7.58. The maximum atomic E-state index is 12.8. The molecule has 2 nitrogen and oxygen atoms in total. The molecule has 0 saturated carbocycles. The summed E-state index contributed by atoms with van der Waals surface area (Å²) in [6, 6.07) is 0. The second-order valence-corrected chi connectivity index (χ2v) is 8.34. The Bertz CT molecular complexity index is 505. The Morgan fingerprint density at radius 1 is 0.964 bits per heavy atom. The molecule has 2 heteroatoms. The smallest absolute Gasteiger partial charge is 0.137 e. The molecule has 0 spiro atoms. The summed E-state index contributed by atoms with van der Waals surface area (Å²) in [5.41, 5.74) is 3.71. The van der Waals surface area contributed by atoms with E-state index in [1.54, 1.807) is 0 Å². The highest BCUT2D eigenvalue weighted by Crippen LogP contribution is 2.27. The van der Waals surface area contributed by atoms with Gasteiger partial charge in [-0.2, -0.15) is 0 Å². The first-order valence-electron chi connectivity index (χ1n) is 11.6. The molecule has 0 amide bonds. The first kappa shape index (κ1) is 26.9. The lowest BCUT2D eigenvalue weighted by Gasteiger charge is -2.22. The van der Waals surface area contributed by atoms with Crippen molar-refractivity contribution >= 4 is 5.78 Å². The Hall–Kier alpha value is -1.15. The number of hydrogen-bond acceptors (Lipinski definition) is 2. The molecule has 0 aromatic rings. The van der Waals surface area contributed by atoms with Crippen LogP contribution < -0.4 is 0 Å². The summed E-state index contributed by atoms with van der Waals surface area (Å²) < 4.78 is 0. The normalized spacial score (nSPS) is 14.6. The quantitative estimate of drug-likeness (QED) is 0.276. The minimum atomic E-state index is 0.184. The van der Waals surface area contributed by atoms with Gasteiger partial charge in [0.05, 0.1) is 0 Å². The van der Waals surface area contributed by atoms with Gasteiger partial charge in [-0.3, -0.25) is 4.79 Å². The number of carbonyl (C=O) groups is 1. The monoisotopic (exact) mass is 390 g/mol. The van der Waals surface area contributed by atoms with Crippen molar-refractivity contribution in [2.24, 2.45) is 11.8 Å². The maximum Gasteiger partial charge on any atom is 0.137 e. The average molecular weight is 391 g/mol. The molecule has 1 unspecified atom stereocenters. The number of hydrogen-bond donors (Lipinski definition) is 1. The van der Waals surface area contributed by atoms with Crippen LogP contribution in [0.1, 0.15) is 106 Å². The van der Waals surface area contributed by atoms with Crippen molar-refractivity contribution < 1.29 is 9.90 Å². The molecule has 0 aromatic carbocycles. The van der Waals surface area contributed by atoms with Crippen molar-refractivity contribution in [2.75, 3.05) is 6.61 Å². The van der Waals surface area contributed by atoms with Gasteiger partial charge in [0.25, 0.3) is 0 Å². The van der Waals surface area contributed by atoms with E-state index in [2.05, 4.69) is 59.8 Å². The molecule has 0 radical (unpaired) electrons. The summed E-state index contributed by atoms with van der Waals surface area (Å²) >= 11 is 0. The Labute approximate surface area is 175 Å². The van der Waals surface area contributed by atoms with E-state index in [-0.39, 0.29) is 6.61 Å². The number of ketones is 1. The molecule has 1 atom stereocenters. The second-order valence-electron chi connectivity index (χ2n) is 8.34. The minimum absolute atomic E-state index is 0.184. The molecule has 162 valence electrons. The van der Waals surface area contributed by atoms with E-state index in [0.717, 1.165) is 25.7 Å². The molecule has 0 aliphatic rings. The number of aliphatic hydroxyl groups is 1. The lowest BCUT2D eigenvalue weighted by atomic mass is 9.83. The average Bonchev–Trinajstić information content (AvgIpc) is 2.64. The van der Waals surface area contributed by atoms with E-state index >= 15 is 0 Å². The standard InChI is InChI=1S/C26H46O2/c1-7-11-14-21(5)17-25(10-4)22(6)18-26(28)20-24(15-16-27)19-23(12-8-2)13-9-3/h11,14,17,23-24,27H,7-10,12-13,15-16,18-20H2,1-6H3/b14-11+,21-17-,25-22+. The van der Waals surface area contributed by atoms with Crippen LogP contribution >= 0.6 is 0 Å². The number of carbonyl (C=O) groups excluding carboxylic acids is 1. The number of allylic oxidation sites excluding steroid dienone is 6. The lowest BCUT2D eigenvalue weighted by Crippen LogP contribution is -2.15. The molecule has 0 aliphatic carbocycles. The van der Waals surface area contributed by atoms with Gasteiger partial charge in [0.15, 0.2) is 0 Å². The Morgan fingerprint density at radius 2 is 1.61 bits per heavy atom. The summed E-state index contributed by atoms with van der Waals surface area (Å²) in [7, 11) is 0. The predicted molar refractivity (Wildman–Crippen MR) is 124 cm³/mol. The molecular formula is C26H46O2. The van der Waals surface area contributed by atoms with Gasteiger partial charge in [-0.25, -0.2) is 0 Å². The zero-order valence-corrected chi connectivity index (χ0v) is 19.5. The van der Waals surface area contributed by atoms with Gasteiger partial charge in [-0.15, -0.1) is 0 Å². The minimum Gasteiger partial charge on any atom is -0.396 e. The number of Topliss-reactive ketones (excluding diaryl/α,β-unsaturated/α-hetero) is 1. The zero-order chi connectivity index (χ0) is 21.4. The highest BCUT2D eigenvalue weighted by Gasteiger charge is 2.19. The molecule has 0 heterocycles. The van der Waals surface area contributed by atoms with Crippen LogP contribution in [0.15, 0.2) is 34.9 Å². The highest BCUT2D eigenvalue weighted by atomic mass is 16.3. The fourth-order valence-electron chi connectivity index (χ4n) is 4.11. The van der Waals surface area contributed by atoms with E-state index in [9.17, 15) is 9.90 Å². The van der Waals surface area contributed by atoms with Crippen molar-refractivity contribution in [3.63, 3.8) is 0 Å². The Kier molecular flexibility index (Phi) is 16.1. The molecule has 1 N–H and O–H groups in total. The van der Waals surface area contributed by atoms with E-state index in [0.29, 0.717) is 30.5 Å². The third kappa shape index (κ3) is 12.3. The number of aliphatic hydroxyl groups excluding tert-OH is 1. The van der Waals surface area contributed by atoms with Crippen molar-refractivity contribution in [2.45, 2.75) is 106 Å². The van der Waals surface area contributed by atoms with Gasteiger partial charge in [0.1, 0.15) is 5.78 Å². The van der Waals surface area contributed by atoms with Crippen LogP contribution in [0, 0.1) is 11.8 Å². The molecule has 0 saturated heterocycles. The van der Waals surface area contributed by atoms with Crippen LogP contribution in [0.4, 0.5) is 0 Å². The zero-order valence-electron chi connectivity index (χ0n) is 19.5. The largest absolute Gasteiger partial charge is 0.396 e. The van der Waals surface area contributed by atoms with E-state index in [4.69, 9.17) is 0 Å². The van der Waals surface area contributed by atoms with Gasteiger partial charge in [0.2, 0.25) is 0 Å². The van der Waals surface area contributed by atoms with E-state index in [1.165, 1.54) is 42.4 Å². The summed E-state index contributed by atoms with van der Waals surface area (Å²) in [5, 5.41) is 9.47. The molecule has 0 bridgehead atoms. The highest BCUT2D eigenvalue weighted by molar-refractivity contribution is 5.81. The van der Waals surface area contributed by atoms with Crippen molar-refractivity contribution in [1.82, 2.24) is 0 Å². The van der Waals surface area contributed by atoms with Crippen LogP contribution in [0.2, 0.25) is 0 Å². The van der Waals surface area contributed by atoms with Gasteiger partial charge in [-0.05, 0) is 56.9 Å². The Balaban J connectivity index is 5.04. The second kappa shape index (κ2) is 16.8. The topological polar surface area (TPSA) is 37.3 Å². The van der Waals surface area contributed by atoms with Crippen molar-refractivity contribution in [1.29, 1.82) is 0 Å². The van der Waals surface area contributed by atoms with Crippen LogP contribution in [-0.2, 0) is 4.79 Å². The van der Waals surface area contributed by atoms with Gasteiger partial charge < -0.3 is 5.11 Å². The third-order valence-corrected chi connectivity index (χ3v) is 5.52. The summed E-state index contributed by atoms with van der Waals surface area (Å²) in [6.07, 6.45) is 16.4. The summed E-state index contributed by atoms with van der Waals surface area (Å²) in [6.45, 7) is 13.2. The fourth-order valence-corrected chi connectivity index (χ4v) is 4.11. The van der Waals surface area contributed by atoms with Gasteiger partial charge in [-0.1, -0.05) is 82.8 Å². The van der Waals surface area contributed by atoms with E-state index < -0.39 is 0 Å². The molecule has 28 heavy (non-hydrogen) atoms. The molecule has 0 rings (SSSR count). The molecular weight excluding hydrogens is 344 g/mol. The molecule has 0 fully saturated rings. The Morgan fingerprint density at radius 3 is 2.11 bits per heavy atom. The lowest BCUT2D eigenvalue weighted by molar-refractivity contribution is -0.119. The SMILES string of the molecule is CC/C=C/C(C)=C\C(CC)=C(/C)CC(=O)CC(CCO)CC(CCC)CCC. The fraction of sp³-hybridized carbons (Fsp3) is 0.731. The maximum absolute atomic E-state index is 12.8. The first-order valence-corrected chi connectivity index (χ1v) is 11.6. The molecule has 0 aliphatic heterocycles. The van der Waals surface area contributed by atoms with Gasteiger partial charge >= 0.3 is 0 Å². The third-order valence-electron chi connectivity index (χ3n) is 5.52. The first-order chi connectivity index (χ1) is 13.4. The summed E-state index contributed by atoms with van der Waals surface area (Å²) in [4.78, 5) is 12.8. The van der Waals surface area contributed by atoms with Crippen LogP contribution in [0.5, 0.6) is 0 Å². The van der Waals surface area contributed by atoms with Crippen LogP contribution in [0.3, 0.4) is 0 Å². The van der Waals surface area contributed by atoms with Crippen molar-refractivity contribution in [3.05, 3.63) is 34.9 Å². The molecule has 0 aromatic heterocycles. The van der Waals surface area contributed by atoms with E-state index in [1.807, 2.05) is 0 Å². The van der Waals surface area contributed by atoms with Crippen LogP contribution in [-0.4, -0.2) is 17.5 Å². The van der Waals surface area contributed by atoms with Crippen molar-refractivity contribution in [3.8, 4) is 0 Å².